The first-order valence-corrected chi connectivity index (χ1v) is 6.27. The minimum absolute atomic E-state index is 0.315. The molecule has 0 aromatic carbocycles. The van der Waals surface area contributed by atoms with Crippen molar-refractivity contribution in [2.45, 2.75) is 66.0 Å². The predicted molar refractivity (Wildman–Crippen MR) is 70.1 cm³/mol. The lowest BCUT2D eigenvalue weighted by atomic mass is 10.0. The zero-order chi connectivity index (χ0) is 13.4. The van der Waals surface area contributed by atoms with Crippen molar-refractivity contribution in [3.8, 4) is 0 Å². The number of halogens is 1. The van der Waals surface area contributed by atoms with Gasteiger partial charge in [-0.2, -0.15) is 0 Å². The fourth-order valence-corrected chi connectivity index (χ4v) is 1.35. The van der Waals surface area contributed by atoms with E-state index in [0.29, 0.717) is 12.3 Å². The Kier molecular flexibility index (Phi) is 8.71. The molecule has 0 unspecified atom stereocenters. The lowest BCUT2D eigenvalue weighted by Crippen LogP contribution is -2.46. The van der Waals surface area contributed by atoms with Crippen LogP contribution in [0.1, 0.15) is 54.9 Å². The average Bonchev–Trinajstić information content (AvgIpc) is 2.02. The van der Waals surface area contributed by atoms with Crippen LogP contribution < -0.4 is 5.32 Å². The summed E-state index contributed by atoms with van der Waals surface area (Å²) in [5.41, 5.74) is -0.773. The monoisotopic (exact) mass is 251 g/mol. The van der Waals surface area contributed by atoms with Crippen LogP contribution in [0.4, 0.5) is 4.79 Å². The summed E-state index contributed by atoms with van der Waals surface area (Å²) in [4.78, 5) is 11.4. The maximum Gasteiger partial charge on any atom is 0.408 e. The molecule has 3 nitrogen and oxygen atoms in total. The van der Waals surface area contributed by atoms with E-state index < -0.39 is 11.7 Å². The highest BCUT2D eigenvalue weighted by atomic mass is 35.5. The smallest absolute Gasteiger partial charge is 0.408 e. The van der Waals surface area contributed by atoms with Crippen LogP contribution in [-0.4, -0.2) is 23.1 Å². The van der Waals surface area contributed by atoms with Crippen molar-refractivity contribution >= 4 is 17.7 Å². The Balaban J connectivity index is 0. The van der Waals surface area contributed by atoms with Crippen molar-refractivity contribution in [2.75, 3.05) is 5.88 Å². The van der Waals surface area contributed by atoms with E-state index in [1.54, 1.807) is 0 Å². The van der Waals surface area contributed by atoms with Crippen LogP contribution in [0.2, 0.25) is 0 Å². The fourth-order valence-electron chi connectivity index (χ4n) is 0.879. The molecule has 0 aliphatic rings. The van der Waals surface area contributed by atoms with Gasteiger partial charge >= 0.3 is 6.09 Å². The Bertz CT molecular complexity index is 198. The van der Waals surface area contributed by atoms with Crippen LogP contribution in [-0.2, 0) is 4.74 Å². The summed E-state index contributed by atoms with van der Waals surface area (Å²) < 4.78 is 5.13. The van der Waals surface area contributed by atoms with Gasteiger partial charge in [-0.05, 0) is 41.0 Å². The highest BCUT2D eigenvalue weighted by Crippen LogP contribution is 2.12. The second kappa shape index (κ2) is 7.77. The third kappa shape index (κ3) is 11.6. The van der Waals surface area contributed by atoms with E-state index in [4.69, 9.17) is 16.3 Å². The van der Waals surface area contributed by atoms with Gasteiger partial charge in [0.2, 0.25) is 0 Å². The van der Waals surface area contributed by atoms with E-state index in [9.17, 15) is 4.79 Å². The first-order valence-electron chi connectivity index (χ1n) is 5.73. The first kappa shape index (κ1) is 17.9. The van der Waals surface area contributed by atoms with E-state index in [2.05, 4.69) is 5.32 Å². The van der Waals surface area contributed by atoms with Crippen LogP contribution in [0, 0.1) is 0 Å². The predicted octanol–water partition coefficient (Wildman–Crippen LogP) is 3.94. The number of rotatable bonds is 3. The zero-order valence-electron chi connectivity index (χ0n) is 11.6. The second-order valence-electron chi connectivity index (χ2n) is 4.95. The number of alkyl carbamates (subject to hydrolysis) is 1. The molecule has 4 heteroatoms. The van der Waals surface area contributed by atoms with Gasteiger partial charge in [0, 0.05) is 11.4 Å². The molecule has 0 spiro atoms. The van der Waals surface area contributed by atoms with E-state index in [-0.39, 0.29) is 5.54 Å². The maximum atomic E-state index is 11.4. The molecular formula is C12H26ClNO2. The molecule has 0 aliphatic heterocycles. The van der Waals surface area contributed by atoms with Crippen molar-refractivity contribution in [1.29, 1.82) is 0 Å². The van der Waals surface area contributed by atoms with E-state index in [1.807, 2.05) is 48.5 Å². The normalized spacial score (nSPS) is 11.2. The molecule has 0 atom stereocenters. The van der Waals surface area contributed by atoms with Gasteiger partial charge < -0.3 is 10.1 Å². The van der Waals surface area contributed by atoms with Gasteiger partial charge in [-0.15, -0.1) is 11.6 Å². The molecule has 0 radical (unpaired) electrons. The Morgan fingerprint density at radius 1 is 1.19 bits per heavy atom. The minimum atomic E-state index is -0.457. The topological polar surface area (TPSA) is 38.3 Å². The molecule has 0 aromatic heterocycles. The van der Waals surface area contributed by atoms with Crippen molar-refractivity contribution in [3.05, 3.63) is 0 Å². The molecule has 98 valence electrons. The lowest BCUT2D eigenvalue weighted by Gasteiger charge is -2.27. The minimum Gasteiger partial charge on any atom is -0.444 e. The quantitative estimate of drug-likeness (QED) is 0.772. The largest absolute Gasteiger partial charge is 0.444 e. The van der Waals surface area contributed by atoms with Gasteiger partial charge in [0.25, 0.3) is 0 Å². The highest BCUT2D eigenvalue weighted by Gasteiger charge is 2.23. The van der Waals surface area contributed by atoms with Gasteiger partial charge in [-0.3, -0.25) is 0 Å². The summed E-state index contributed by atoms with van der Waals surface area (Å²) in [5.74, 6) is 0.517. The molecule has 0 bridgehead atoms. The third-order valence-corrected chi connectivity index (χ3v) is 1.75. The number of hydrogen-bond donors (Lipinski definition) is 1. The summed E-state index contributed by atoms with van der Waals surface area (Å²) in [5, 5.41) is 2.77. The van der Waals surface area contributed by atoms with Crippen molar-refractivity contribution in [1.82, 2.24) is 5.32 Å². The summed E-state index contributed by atoms with van der Waals surface area (Å²) in [6.45, 7) is 13.3. The SMILES string of the molecule is CC.CC(C)(CCCl)NC(=O)OC(C)(C)C. The number of alkyl halides is 1. The molecule has 0 heterocycles. The Labute approximate surface area is 105 Å². The zero-order valence-corrected chi connectivity index (χ0v) is 12.4. The Hall–Kier alpha value is -0.440. The van der Waals surface area contributed by atoms with Crippen LogP contribution in [0.5, 0.6) is 0 Å². The molecule has 0 aliphatic carbocycles. The van der Waals surface area contributed by atoms with Crippen molar-refractivity contribution < 1.29 is 9.53 Å². The Morgan fingerprint density at radius 3 is 1.94 bits per heavy atom. The third-order valence-electron chi connectivity index (χ3n) is 1.56. The van der Waals surface area contributed by atoms with Crippen molar-refractivity contribution in [3.63, 3.8) is 0 Å². The second-order valence-corrected chi connectivity index (χ2v) is 5.33. The number of amides is 1. The number of carbonyl (C=O) groups is 1. The van der Waals surface area contributed by atoms with Crippen LogP contribution in [0.3, 0.4) is 0 Å². The summed E-state index contributed by atoms with van der Waals surface area (Å²) >= 11 is 5.61. The molecule has 0 saturated carbocycles. The molecule has 16 heavy (non-hydrogen) atoms. The molecule has 0 saturated heterocycles. The molecule has 0 aromatic rings. The lowest BCUT2D eigenvalue weighted by molar-refractivity contribution is 0.0471. The molecule has 1 N–H and O–H groups in total. The number of ether oxygens (including phenoxy) is 1. The van der Waals surface area contributed by atoms with Gasteiger partial charge in [0.15, 0.2) is 0 Å². The average molecular weight is 252 g/mol. The van der Waals surface area contributed by atoms with Crippen LogP contribution in [0.25, 0.3) is 0 Å². The number of nitrogens with one attached hydrogen (secondary N) is 1. The van der Waals surface area contributed by atoms with E-state index in [0.717, 1.165) is 0 Å². The van der Waals surface area contributed by atoms with Crippen LogP contribution >= 0.6 is 11.6 Å². The van der Waals surface area contributed by atoms with Gasteiger partial charge in [-0.1, -0.05) is 13.8 Å². The standard InChI is InChI=1S/C10H20ClNO2.C2H6/c1-9(2,3)14-8(13)12-10(4,5)6-7-11;1-2/h6-7H2,1-5H3,(H,12,13);1-2H3. The highest BCUT2D eigenvalue weighted by molar-refractivity contribution is 6.17. The fraction of sp³-hybridized carbons (Fsp3) is 0.917. The Morgan fingerprint density at radius 2 is 1.62 bits per heavy atom. The van der Waals surface area contributed by atoms with Gasteiger partial charge in [0.1, 0.15) is 5.60 Å². The number of hydrogen-bond acceptors (Lipinski definition) is 2. The van der Waals surface area contributed by atoms with E-state index in [1.165, 1.54) is 0 Å². The molecule has 1 amide bonds. The van der Waals surface area contributed by atoms with Crippen LogP contribution in [0.15, 0.2) is 0 Å². The van der Waals surface area contributed by atoms with E-state index >= 15 is 0 Å². The summed E-state index contributed by atoms with van der Waals surface area (Å²) in [7, 11) is 0. The van der Waals surface area contributed by atoms with Gasteiger partial charge in [0.05, 0.1) is 0 Å². The summed E-state index contributed by atoms with van der Waals surface area (Å²) in [6.07, 6.45) is 0.320. The molecular weight excluding hydrogens is 226 g/mol. The number of carbonyl (C=O) groups excluding carboxylic acids is 1. The first-order chi connectivity index (χ1) is 7.16. The summed E-state index contributed by atoms with van der Waals surface area (Å²) in [6, 6.07) is 0. The molecule has 0 rings (SSSR count). The molecule has 0 fully saturated rings. The van der Waals surface area contributed by atoms with Crippen molar-refractivity contribution in [2.24, 2.45) is 0 Å². The van der Waals surface area contributed by atoms with Gasteiger partial charge in [-0.25, -0.2) is 4.79 Å². The maximum absolute atomic E-state index is 11.4.